The largest absolute Gasteiger partial charge is 0.321 e. The minimum absolute atomic E-state index is 0.151. The van der Waals surface area contributed by atoms with Crippen LogP contribution in [0.3, 0.4) is 0 Å². The fourth-order valence-corrected chi connectivity index (χ4v) is 3.87. The molecule has 1 amide bonds. The van der Waals surface area contributed by atoms with Gasteiger partial charge in [-0.15, -0.1) is 0 Å². The van der Waals surface area contributed by atoms with E-state index in [-0.39, 0.29) is 11.3 Å². The molecule has 0 saturated heterocycles. The van der Waals surface area contributed by atoms with Crippen molar-refractivity contribution in [1.29, 1.82) is 0 Å². The highest BCUT2D eigenvalue weighted by Crippen LogP contribution is 2.34. The molecule has 2 aromatic rings. The summed E-state index contributed by atoms with van der Waals surface area (Å²) in [5.74, 6) is 0.208. The highest BCUT2D eigenvalue weighted by molar-refractivity contribution is 7.17. The van der Waals surface area contributed by atoms with Gasteiger partial charge in [0, 0.05) is 5.69 Å². The smallest absolute Gasteiger partial charge is 0.267 e. The predicted octanol–water partition coefficient (Wildman–Crippen LogP) is 5.90. The average molecular weight is 351 g/mol. The standard InChI is InChI=1S/C18H23ClN2OS/c1-11(10-18(3,4)5)13-8-6-7-9-14(13)21-16(22)15-12(2)20-17(19)23-15/h6-9,11H,10H2,1-5H3,(H,21,22). The van der Waals surface area contributed by atoms with E-state index in [1.807, 2.05) is 18.2 Å². The molecule has 1 aromatic heterocycles. The number of carbonyl (C=O) groups is 1. The van der Waals surface area contributed by atoms with Crippen LogP contribution in [0.25, 0.3) is 0 Å². The van der Waals surface area contributed by atoms with E-state index in [2.05, 4.69) is 44.1 Å². The van der Waals surface area contributed by atoms with Crippen molar-refractivity contribution in [2.24, 2.45) is 5.41 Å². The summed E-state index contributed by atoms with van der Waals surface area (Å²) in [6.07, 6.45) is 1.05. The maximum absolute atomic E-state index is 12.5. The molecule has 0 spiro atoms. The van der Waals surface area contributed by atoms with Crippen LogP contribution < -0.4 is 5.32 Å². The zero-order valence-corrected chi connectivity index (χ0v) is 15.8. The van der Waals surface area contributed by atoms with Crippen LogP contribution in [0, 0.1) is 12.3 Å². The van der Waals surface area contributed by atoms with E-state index in [0.29, 0.717) is 21.0 Å². The van der Waals surface area contributed by atoms with Gasteiger partial charge in [-0.25, -0.2) is 4.98 Å². The number of benzene rings is 1. The Morgan fingerprint density at radius 3 is 2.57 bits per heavy atom. The summed E-state index contributed by atoms with van der Waals surface area (Å²) in [5, 5.41) is 3.02. The van der Waals surface area contributed by atoms with Gasteiger partial charge in [0.2, 0.25) is 0 Å². The lowest BCUT2D eigenvalue weighted by atomic mass is 9.82. The van der Waals surface area contributed by atoms with E-state index < -0.39 is 0 Å². The van der Waals surface area contributed by atoms with Crippen molar-refractivity contribution < 1.29 is 4.79 Å². The van der Waals surface area contributed by atoms with Crippen LogP contribution in [-0.2, 0) is 0 Å². The zero-order chi connectivity index (χ0) is 17.2. The number of nitrogens with zero attached hydrogens (tertiary/aromatic N) is 1. The zero-order valence-electron chi connectivity index (χ0n) is 14.2. The first-order chi connectivity index (χ1) is 10.7. The van der Waals surface area contributed by atoms with Crippen LogP contribution in [-0.4, -0.2) is 10.9 Å². The summed E-state index contributed by atoms with van der Waals surface area (Å²) in [7, 11) is 0. The lowest BCUT2D eigenvalue weighted by Crippen LogP contribution is -2.15. The van der Waals surface area contributed by atoms with Gasteiger partial charge in [-0.3, -0.25) is 4.79 Å². The molecular weight excluding hydrogens is 328 g/mol. The van der Waals surface area contributed by atoms with Gasteiger partial charge in [-0.05, 0) is 36.3 Å². The van der Waals surface area contributed by atoms with Gasteiger partial charge < -0.3 is 5.32 Å². The minimum atomic E-state index is -0.151. The number of hydrogen-bond acceptors (Lipinski definition) is 3. The van der Waals surface area contributed by atoms with E-state index >= 15 is 0 Å². The molecule has 0 aliphatic rings. The molecule has 0 aliphatic heterocycles. The second-order valence-electron chi connectivity index (χ2n) is 7.09. The van der Waals surface area contributed by atoms with Crippen molar-refractivity contribution in [3.05, 3.63) is 44.9 Å². The van der Waals surface area contributed by atoms with Gasteiger partial charge in [-0.1, -0.05) is 68.8 Å². The topological polar surface area (TPSA) is 42.0 Å². The first-order valence-electron chi connectivity index (χ1n) is 7.70. The summed E-state index contributed by atoms with van der Waals surface area (Å²) < 4.78 is 0.391. The van der Waals surface area contributed by atoms with Crippen LogP contribution in [0.1, 0.15) is 61.0 Å². The molecule has 2 rings (SSSR count). The molecule has 5 heteroatoms. The Hall–Kier alpha value is -1.39. The van der Waals surface area contributed by atoms with Gasteiger partial charge in [0.15, 0.2) is 4.47 Å². The number of rotatable bonds is 4. The summed E-state index contributed by atoms with van der Waals surface area (Å²) >= 11 is 7.10. The van der Waals surface area contributed by atoms with Crippen LogP contribution in [0.15, 0.2) is 24.3 Å². The second kappa shape index (κ2) is 7.02. The summed E-state index contributed by atoms with van der Waals surface area (Å²) in [6.45, 7) is 10.7. The maximum Gasteiger partial charge on any atom is 0.267 e. The van der Waals surface area contributed by atoms with Crippen molar-refractivity contribution in [3.63, 3.8) is 0 Å². The molecule has 0 saturated carbocycles. The predicted molar refractivity (Wildman–Crippen MR) is 98.7 cm³/mol. The third-order valence-corrected chi connectivity index (χ3v) is 4.90. The van der Waals surface area contributed by atoms with Crippen molar-refractivity contribution in [2.45, 2.75) is 47.0 Å². The Kier molecular flexibility index (Phi) is 5.48. The first-order valence-corrected chi connectivity index (χ1v) is 8.90. The lowest BCUT2D eigenvalue weighted by molar-refractivity contribution is 0.102. The number of aromatic nitrogens is 1. The first kappa shape index (κ1) is 18.0. The van der Waals surface area contributed by atoms with Gasteiger partial charge in [0.25, 0.3) is 5.91 Å². The van der Waals surface area contributed by atoms with E-state index in [9.17, 15) is 4.79 Å². The van der Waals surface area contributed by atoms with Gasteiger partial charge in [0.1, 0.15) is 4.88 Å². The molecule has 0 radical (unpaired) electrons. The van der Waals surface area contributed by atoms with Crippen LogP contribution in [0.2, 0.25) is 4.47 Å². The molecule has 23 heavy (non-hydrogen) atoms. The quantitative estimate of drug-likeness (QED) is 0.746. The van der Waals surface area contributed by atoms with Crippen molar-refractivity contribution in [2.75, 3.05) is 5.32 Å². The molecule has 1 N–H and O–H groups in total. The molecule has 3 nitrogen and oxygen atoms in total. The number of anilines is 1. The van der Waals surface area contributed by atoms with E-state index in [4.69, 9.17) is 11.6 Å². The normalized spacial score (nSPS) is 13.0. The molecule has 0 fully saturated rings. The van der Waals surface area contributed by atoms with E-state index in [0.717, 1.165) is 17.7 Å². The lowest BCUT2D eigenvalue weighted by Gasteiger charge is -2.25. The number of para-hydroxylation sites is 1. The van der Waals surface area contributed by atoms with Gasteiger partial charge >= 0.3 is 0 Å². The molecule has 0 bridgehead atoms. The Balaban J connectivity index is 2.24. The molecule has 1 atom stereocenters. The number of halogens is 1. The van der Waals surface area contributed by atoms with Crippen molar-refractivity contribution in [1.82, 2.24) is 4.98 Å². The van der Waals surface area contributed by atoms with Crippen molar-refractivity contribution >= 4 is 34.5 Å². The fourth-order valence-electron chi connectivity index (χ4n) is 2.82. The van der Waals surface area contributed by atoms with E-state index in [1.165, 1.54) is 11.3 Å². The fraction of sp³-hybridized carbons (Fsp3) is 0.444. The summed E-state index contributed by atoms with van der Waals surface area (Å²) in [5.41, 5.74) is 2.91. The third-order valence-electron chi connectivity index (χ3n) is 3.64. The molecule has 124 valence electrons. The number of hydrogen-bond donors (Lipinski definition) is 1. The summed E-state index contributed by atoms with van der Waals surface area (Å²) in [4.78, 5) is 17.2. The molecular formula is C18H23ClN2OS. The van der Waals surface area contributed by atoms with Gasteiger partial charge in [0.05, 0.1) is 5.69 Å². The van der Waals surface area contributed by atoms with Crippen LogP contribution in [0.4, 0.5) is 5.69 Å². The molecule has 1 heterocycles. The van der Waals surface area contributed by atoms with Crippen LogP contribution >= 0.6 is 22.9 Å². The Morgan fingerprint density at radius 1 is 1.35 bits per heavy atom. The Bertz CT molecular complexity index is 703. The number of aryl methyl sites for hydroxylation is 1. The van der Waals surface area contributed by atoms with Crippen molar-refractivity contribution in [3.8, 4) is 0 Å². The molecule has 1 unspecified atom stereocenters. The SMILES string of the molecule is Cc1nc(Cl)sc1C(=O)Nc1ccccc1C(C)CC(C)(C)C. The van der Waals surface area contributed by atoms with E-state index in [1.54, 1.807) is 6.92 Å². The summed E-state index contributed by atoms with van der Waals surface area (Å²) in [6, 6.07) is 7.98. The third kappa shape index (κ3) is 4.79. The number of carbonyl (C=O) groups excluding carboxylic acids is 1. The molecule has 0 aliphatic carbocycles. The number of nitrogens with one attached hydrogen (secondary N) is 1. The minimum Gasteiger partial charge on any atom is -0.321 e. The Morgan fingerprint density at radius 2 is 2.00 bits per heavy atom. The number of amides is 1. The van der Waals surface area contributed by atoms with Crippen LogP contribution in [0.5, 0.6) is 0 Å². The van der Waals surface area contributed by atoms with Gasteiger partial charge in [-0.2, -0.15) is 0 Å². The second-order valence-corrected chi connectivity index (χ2v) is 8.67. The average Bonchev–Trinajstić information content (AvgIpc) is 2.76. The number of thiazole rings is 1. The molecule has 1 aromatic carbocycles. The maximum atomic E-state index is 12.5. The monoisotopic (exact) mass is 350 g/mol. The highest BCUT2D eigenvalue weighted by atomic mass is 35.5. The highest BCUT2D eigenvalue weighted by Gasteiger charge is 2.21. The Labute approximate surface area is 147 Å².